The Labute approximate surface area is 105 Å². The summed E-state index contributed by atoms with van der Waals surface area (Å²) in [6.45, 7) is 7.09. The third kappa shape index (κ3) is 1.56. The molecule has 1 N–H and O–H groups in total. The van der Waals surface area contributed by atoms with E-state index in [1.807, 2.05) is 0 Å². The second-order valence-electron chi connectivity index (χ2n) is 7.48. The van der Waals surface area contributed by atoms with Crippen LogP contribution >= 0.6 is 0 Å². The van der Waals surface area contributed by atoms with Crippen LogP contribution in [0.1, 0.15) is 59.3 Å². The summed E-state index contributed by atoms with van der Waals surface area (Å²) >= 11 is 0. The number of hydrogen-bond acceptors (Lipinski definition) is 1. The smallest absolute Gasteiger partial charge is 0.223 e. The molecule has 3 rings (SSSR count). The van der Waals surface area contributed by atoms with Crippen LogP contribution in [-0.2, 0) is 4.79 Å². The number of carbonyl (C=O) groups excluding carboxylic acids is 1. The van der Waals surface area contributed by atoms with Gasteiger partial charge in [-0.05, 0) is 48.9 Å². The van der Waals surface area contributed by atoms with Crippen LogP contribution in [0.3, 0.4) is 0 Å². The molecule has 3 fully saturated rings. The van der Waals surface area contributed by atoms with Gasteiger partial charge >= 0.3 is 0 Å². The van der Waals surface area contributed by atoms with Gasteiger partial charge in [0, 0.05) is 12.0 Å². The first-order chi connectivity index (χ1) is 7.93. The molecule has 3 saturated carbocycles. The number of nitrogens with one attached hydrogen (secondary N) is 1. The molecule has 3 atom stereocenters. The van der Waals surface area contributed by atoms with Crippen LogP contribution in [0.15, 0.2) is 0 Å². The topological polar surface area (TPSA) is 29.1 Å². The van der Waals surface area contributed by atoms with Gasteiger partial charge in [-0.2, -0.15) is 0 Å². The van der Waals surface area contributed by atoms with E-state index in [0.29, 0.717) is 28.7 Å². The highest BCUT2D eigenvalue weighted by Gasteiger charge is 2.59. The Morgan fingerprint density at radius 1 is 1.18 bits per heavy atom. The van der Waals surface area contributed by atoms with Crippen LogP contribution < -0.4 is 5.32 Å². The predicted octanol–water partition coefficient (Wildman–Crippen LogP) is 3.12. The van der Waals surface area contributed by atoms with E-state index in [0.717, 1.165) is 18.8 Å². The molecule has 0 saturated heterocycles. The fourth-order valence-electron chi connectivity index (χ4n) is 4.59. The maximum absolute atomic E-state index is 12.2. The fourth-order valence-corrected chi connectivity index (χ4v) is 4.59. The minimum absolute atomic E-state index is 0.298. The van der Waals surface area contributed by atoms with Crippen molar-refractivity contribution >= 4 is 5.91 Å². The molecule has 0 spiro atoms. The molecule has 0 aromatic heterocycles. The summed E-state index contributed by atoms with van der Waals surface area (Å²) in [5.74, 6) is 1.48. The minimum atomic E-state index is 0.298. The Morgan fingerprint density at radius 3 is 2.35 bits per heavy atom. The molecular formula is C15H25NO. The van der Waals surface area contributed by atoms with E-state index < -0.39 is 0 Å². The SMILES string of the molecule is CC1(C)[C@@H]2CC[C@@](C)(C2)[C@@H]1NC(=O)C1CCC1. The third-order valence-corrected chi connectivity index (χ3v) is 6.03. The van der Waals surface area contributed by atoms with Crippen molar-refractivity contribution in [3.63, 3.8) is 0 Å². The van der Waals surface area contributed by atoms with Crippen molar-refractivity contribution in [1.82, 2.24) is 5.32 Å². The molecule has 0 radical (unpaired) electrons. The standard InChI is InChI=1S/C15H25NO/c1-14(2)11-7-8-15(3,9-11)13(14)16-12(17)10-5-4-6-10/h10-11,13H,4-9H2,1-3H3,(H,16,17)/t11-,13-,15+/m1/s1. The molecule has 0 heterocycles. The van der Waals surface area contributed by atoms with Crippen LogP contribution in [0.2, 0.25) is 0 Å². The van der Waals surface area contributed by atoms with Crippen molar-refractivity contribution in [3.05, 3.63) is 0 Å². The first-order valence-electron chi connectivity index (χ1n) is 7.24. The van der Waals surface area contributed by atoms with Gasteiger partial charge in [-0.3, -0.25) is 4.79 Å². The lowest BCUT2D eigenvalue weighted by Gasteiger charge is -2.44. The number of amides is 1. The zero-order valence-electron chi connectivity index (χ0n) is 11.4. The highest BCUT2D eigenvalue weighted by Crippen LogP contribution is 2.62. The van der Waals surface area contributed by atoms with Crippen molar-refractivity contribution < 1.29 is 4.79 Å². The van der Waals surface area contributed by atoms with Gasteiger partial charge in [0.1, 0.15) is 0 Å². The van der Waals surface area contributed by atoms with E-state index in [-0.39, 0.29) is 0 Å². The lowest BCUT2D eigenvalue weighted by molar-refractivity contribution is -0.130. The van der Waals surface area contributed by atoms with Crippen LogP contribution in [0, 0.1) is 22.7 Å². The van der Waals surface area contributed by atoms with E-state index in [1.54, 1.807) is 0 Å². The molecule has 2 bridgehead atoms. The van der Waals surface area contributed by atoms with Crippen LogP contribution in [0.4, 0.5) is 0 Å². The van der Waals surface area contributed by atoms with Gasteiger partial charge in [-0.25, -0.2) is 0 Å². The number of fused-ring (bicyclic) bond motifs is 2. The average Bonchev–Trinajstić information content (AvgIpc) is 2.61. The minimum Gasteiger partial charge on any atom is -0.352 e. The molecular weight excluding hydrogens is 210 g/mol. The fraction of sp³-hybridized carbons (Fsp3) is 0.933. The van der Waals surface area contributed by atoms with Crippen molar-refractivity contribution in [2.45, 2.75) is 65.3 Å². The molecule has 1 amide bonds. The maximum atomic E-state index is 12.2. The second-order valence-corrected chi connectivity index (χ2v) is 7.48. The van der Waals surface area contributed by atoms with Crippen molar-refractivity contribution in [1.29, 1.82) is 0 Å². The second kappa shape index (κ2) is 3.49. The summed E-state index contributed by atoms with van der Waals surface area (Å²) in [4.78, 5) is 12.2. The van der Waals surface area contributed by atoms with Gasteiger partial charge in [-0.15, -0.1) is 0 Å². The first-order valence-corrected chi connectivity index (χ1v) is 7.24. The molecule has 0 aliphatic heterocycles. The van der Waals surface area contributed by atoms with Crippen molar-refractivity contribution in [2.75, 3.05) is 0 Å². The normalized spacial score (nSPS) is 43.5. The summed E-state index contributed by atoms with van der Waals surface area (Å²) in [5, 5.41) is 3.40. The highest BCUT2D eigenvalue weighted by molar-refractivity contribution is 5.80. The van der Waals surface area contributed by atoms with E-state index in [2.05, 4.69) is 26.1 Å². The van der Waals surface area contributed by atoms with E-state index >= 15 is 0 Å². The quantitative estimate of drug-likeness (QED) is 0.783. The molecule has 17 heavy (non-hydrogen) atoms. The summed E-state index contributed by atoms with van der Waals surface area (Å²) in [5.41, 5.74) is 0.667. The van der Waals surface area contributed by atoms with E-state index in [4.69, 9.17) is 0 Å². The van der Waals surface area contributed by atoms with Crippen LogP contribution in [0.5, 0.6) is 0 Å². The number of hydrogen-bond donors (Lipinski definition) is 1. The predicted molar refractivity (Wildman–Crippen MR) is 68.5 cm³/mol. The summed E-state index contributed by atoms with van der Waals surface area (Å²) in [6, 6.07) is 0.404. The molecule has 0 aromatic carbocycles. The molecule has 2 heteroatoms. The van der Waals surface area contributed by atoms with E-state index in [1.165, 1.54) is 25.7 Å². The first kappa shape index (κ1) is 11.6. The molecule has 3 aliphatic rings. The van der Waals surface area contributed by atoms with Gasteiger partial charge in [0.25, 0.3) is 0 Å². The summed E-state index contributed by atoms with van der Waals surface area (Å²) in [7, 11) is 0. The Balaban J connectivity index is 1.75. The molecule has 96 valence electrons. The van der Waals surface area contributed by atoms with E-state index in [9.17, 15) is 4.79 Å². The molecule has 3 aliphatic carbocycles. The molecule has 0 unspecified atom stereocenters. The van der Waals surface area contributed by atoms with Crippen LogP contribution in [-0.4, -0.2) is 11.9 Å². The number of rotatable bonds is 2. The maximum Gasteiger partial charge on any atom is 0.223 e. The van der Waals surface area contributed by atoms with Crippen LogP contribution in [0.25, 0.3) is 0 Å². The van der Waals surface area contributed by atoms with Gasteiger partial charge in [0.2, 0.25) is 5.91 Å². The van der Waals surface area contributed by atoms with Gasteiger partial charge < -0.3 is 5.32 Å². The van der Waals surface area contributed by atoms with Crippen molar-refractivity contribution in [3.8, 4) is 0 Å². The third-order valence-electron chi connectivity index (χ3n) is 6.03. The summed E-state index contributed by atoms with van der Waals surface area (Å²) in [6.07, 6.45) is 7.44. The van der Waals surface area contributed by atoms with Gasteiger partial charge in [0.05, 0.1) is 0 Å². The Bertz CT molecular complexity index is 340. The monoisotopic (exact) mass is 235 g/mol. The highest BCUT2D eigenvalue weighted by atomic mass is 16.2. The largest absolute Gasteiger partial charge is 0.352 e. The summed E-state index contributed by atoms with van der Waals surface area (Å²) < 4.78 is 0. The number of carbonyl (C=O) groups is 1. The lowest BCUT2D eigenvalue weighted by Crippen LogP contribution is -2.54. The Hall–Kier alpha value is -0.530. The molecule has 2 nitrogen and oxygen atoms in total. The average molecular weight is 235 g/mol. The Kier molecular flexibility index (Phi) is 2.37. The Morgan fingerprint density at radius 2 is 1.88 bits per heavy atom. The van der Waals surface area contributed by atoms with Gasteiger partial charge in [-0.1, -0.05) is 27.2 Å². The lowest BCUT2D eigenvalue weighted by atomic mass is 9.68. The van der Waals surface area contributed by atoms with Gasteiger partial charge in [0.15, 0.2) is 0 Å². The molecule has 0 aromatic rings. The zero-order chi connectivity index (χ0) is 12.3. The van der Waals surface area contributed by atoms with Crippen molar-refractivity contribution in [2.24, 2.45) is 22.7 Å². The zero-order valence-corrected chi connectivity index (χ0v) is 11.4.